The van der Waals surface area contributed by atoms with Crippen molar-refractivity contribution in [3.8, 4) is 28.6 Å². The second-order valence-electron chi connectivity index (χ2n) is 8.32. The first-order valence-corrected chi connectivity index (χ1v) is 11.4. The highest BCUT2D eigenvalue weighted by molar-refractivity contribution is 6.01. The van der Waals surface area contributed by atoms with Gasteiger partial charge in [-0.15, -0.1) is 0 Å². The van der Waals surface area contributed by atoms with Crippen LogP contribution in [-0.2, 0) is 0 Å². The van der Waals surface area contributed by atoms with E-state index in [2.05, 4.69) is 10.5 Å². The normalized spacial score (nSPS) is 16.8. The van der Waals surface area contributed by atoms with Gasteiger partial charge in [0.1, 0.15) is 5.75 Å². The second-order valence-corrected chi connectivity index (χ2v) is 8.32. The molecule has 6 rings (SSSR count). The molecule has 3 heterocycles. The van der Waals surface area contributed by atoms with Gasteiger partial charge < -0.3 is 24.1 Å². The number of allylic oxidation sites excluding steroid dienone is 1. The molecule has 2 amide bonds. The Bertz CT molecular complexity index is 1460. The highest BCUT2D eigenvalue weighted by Crippen LogP contribution is 2.42. The summed E-state index contributed by atoms with van der Waals surface area (Å²) in [4.78, 5) is 19.7. The molecule has 0 radical (unpaired) electrons. The van der Waals surface area contributed by atoms with Gasteiger partial charge in [0.15, 0.2) is 11.5 Å². The van der Waals surface area contributed by atoms with Gasteiger partial charge in [-0.1, -0.05) is 47.6 Å². The van der Waals surface area contributed by atoms with Crippen LogP contribution in [0.2, 0.25) is 0 Å². The summed E-state index contributed by atoms with van der Waals surface area (Å²) in [5, 5.41) is 7.31. The summed E-state index contributed by atoms with van der Waals surface area (Å²) >= 11 is 0. The summed E-state index contributed by atoms with van der Waals surface area (Å²) in [6, 6.07) is 21.7. The van der Waals surface area contributed by atoms with Crippen molar-refractivity contribution in [1.82, 2.24) is 15.5 Å². The van der Waals surface area contributed by atoms with Crippen LogP contribution in [0.1, 0.15) is 24.4 Å². The van der Waals surface area contributed by atoms with Crippen molar-refractivity contribution in [2.45, 2.75) is 13.0 Å². The second kappa shape index (κ2) is 8.77. The highest BCUT2D eigenvalue weighted by atomic mass is 16.7. The summed E-state index contributed by atoms with van der Waals surface area (Å²) in [7, 11) is 1.61. The fourth-order valence-corrected chi connectivity index (χ4v) is 4.44. The molecule has 9 heteroatoms. The van der Waals surface area contributed by atoms with Gasteiger partial charge in [0, 0.05) is 17.3 Å². The largest absolute Gasteiger partial charge is 0.497 e. The maximum absolute atomic E-state index is 13.4. The predicted octanol–water partition coefficient (Wildman–Crippen LogP) is 5.18. The summed E-state index contributed by atoms with van der Waals surface area (Å²) < 4.78 is 22.0. The van der Waals surface area contributed by atoms with E-state index in [1.54, 1.807) is 24.1 Å². The summed E-state index contributed by atoms with van der Waals surface area (Å²) in [6.07, 6.45) is 0. The van der Waals surface area contributed by atoms with Crippen LogP contribution in [0, 0.1) is 0 Å². The third-order valence-electron chi connectivity index (χ3n) is 6.24. The average Bonchev–Trinajstić information content (AvgIpc) is 3.59. The van der Waals surface area contributed by atoms with Gasteiger partial charge in [0.25, 0.3) is 5.89 Å². The van der Waals surface area contributed by atoms with Crippen LogP contribution in [0.5, 0.6) is 17.2 Å². The molecule has 0 spiro atoms. The van der Waals surface area contributed by atoms with E-state index in [0.717, 1.165) is 11.1 Å². The molecule has 180 valence electrons. The lowest BCUT2D eigenvalue weighted by Crippen LogP contribution is -2.46. The molecule has 1 aromatic heterocycles. The fraction of sp³-hybridized carbons (Fsp3) is 0.148. The molecule has 0 aliphatic carbocycles. The lowest BCUT2D eigenvalue weighted by molar-refractivity contribution is 0.174. The molecule has 9 nitrogen and oxygen atoms in total. The number of hydrogen-bond donors (Lipinski definition) is 1. The number of benzene rings is 3. The van der Waals surface area contributed by atoms with Crippen molar-refractivity contribution in [3.05, 3.63) is 89.9 Å². The number of ether oxygens (including phenoxy) is 3. The lowest BCUT2D eigenvalue weighted by atomic mass is 9.94. The Morgan fingerprint density at radius 2 is 1.78 bits per heavy atom. The van der Waals surface area contributed by atoms with Crippen LogP contribution in [-0.4, -0.2) is 30.1 Å². The molecule has 2 aliphatic rings. The Morgan fingerprint density at radius 1 is 1.00 bits per heavy atom. The standard InChI is InChI=1S/C27H22N4O5/c1-16-23(26-29-25(30-36-26)18-6-4-3-5-7-18)24(17-8-11-20(33-2)12-9-17)28-27(32)31(16)19-10-13-21-22(14-19)35-15-34-21/h3-14,24H,15H2,1-2H3,(H,28,32). The van der Waals surface area contributed by atoms with Crippen LogP contribution in [0.4, 0.5) is 10.5 Å². The maximum Gasteiger partial charge on any atom is 0.327 e. The molecular formula is C27H22N4O5. The Morgan fingerprint density at radius 3 is 2.56 bits per heavy atom. The summed E-state index contributed by atoms with van der Waals surface area (Å²) in [6.45, 7) is 2.01. The van der Waals surface area contributed by atoms with E-state index in [9.17, 15) is 4.79 Å². The molecule has 1 unspecified atom stereocenters. The monoisotopic (exact) mass is 482 g/mol. The zero-order chi connectivity index (χ0) is 24.6. The minimum Gasteiger partial charge on any atom is -0.497 e. The SMILES string of the molecule is COc1ccc(C2NC(=O)N(c3ccc4c(c3)OCO4)C(C)=C2c2nc(-c3ccccc3)no2)cc1. The molecular weight excluding hydrogens is 460 g/mol. The molecule has 36 heavy (non-hydrogen) atoms. The molecule has 1 atom stereocenters. The molecule has 0 saturated heterocycles. The molecule has 1 N–H and O–H groups in total. The van der Waals surface area contributed by atoms with Crippen LogP contribution < -0.4 is 24.4 Å². The number of urea groups is 1. The minimum absolute atomic E-state index is 0.148. The van der Waals surface area contributed by atoms with Crippen LogP contribution in [0.3, 0.4) is 0 Å². The van der Waals surface area contributed by atoms with E-state index in [-0.39, 0.29) is 12.8 Å². The fourth-order valence-electron chi connectivity index (χ4n) is 4.44. The van der Waals surface area contributed by atoms with E-state index < -0.39 is 6.04 Å². The predicted molar refractivity (Wildman–Crippen MR) is 132 cm³/mol. The average molecular weight is 482 g/mol. The minimum atomic E-state index is -0.516. The van der Waals surface area contributed by atoms with Crippen LogP contribution in [0.25, 0.3) is 17.0 Å². The van der Waals surface area contributed by atoms with Gasteiger partial charge in [-0.25, -0.2) is 4.79 Å². The number of carbonyl (C=O) groups excluding carboxylic acids is 1. The number of aromatic nitrogens is 2. The van der Waals surface area contributed by atoms with Crippen LogP contribution in [0.15, 0.2) is 83.0 Å². The first kappa shape index (κ1) is 21.7. The molecule has 4 aromatic rings. The number of fused-ring (bicyclic) bond motifs is 1. The zero-order valence-electron chi connectivity index (χ0n) is 19.6. The first-order chi connectivity index (χ1) is 17.6. The van der Waals surface area contributed by atoms with Crippen molar-refractivity contribution < 1.29 is 23.5 Å². The number of amides is 2. The van der Waals surface area contributed by atoms with Crippen molar-refractivity contribution in [1.29, 1.82) is 0 Å². The van der Waals surface area contributed by atoms with Gasteiger partial charge >= 0.3 is 6.03 Å². The van der Waals surface area contributed by atoms with E-state index >= 15 is 0 Å². The van der Waals surface area contributed by atoms with E-state index in [0.29, 0.717) is 45.9 Å². The van der Waals surface area contributed by atoms with Crippen LogP contribution >= 0.6 is 0 Å². The van der Waals surface area contributed by atoms with Gasteiger partial charge in [0.05, 0.1) is 24.4 Å². The zero-order valence-corrected chi connectivity index (χ0v) is 19.6. The van der Waals surface area contributed by atoms with E-state index in [1.165, 1.54) is 0 Å². The number of nitrogens with zero attached hydrogens (tertiary/aromatic N) is 3. The topological polar surface area (TPSA) is 99.0 Å². The van der Waals surface area contributed by atoms with Gasteiger partial charge in [-0.3, -0.25) is 4.90 Å². The Labute approximate surface area is 206 Å². The third kappa shape index (κ3) is 3.70. The Kier molecular flexibility index (Phi) is 5.29. The molecule has 0 saturated carbocycles. The summed E-state index contributed by atoms with van der Waals surface area (Å²) in [5.74, 6) is 2.72. The van der Waals surface area contributed by atoms with Crippen molar-refractivity contribution in [3.63, 3.8) is 0 Å². The van der Waals surface area contributed by atoms with Gasteiger partial charge in [-0.2, -0.15) is 4.98 Å². The lowest BCUT2D eigenvalue weighted by Gasteiger charge is -2.35. The number of hydrogen-bond acceptors (Lipinski definition) is 7. The van der Waals surface area contributed by atoms with Crippen molar-refractivity contribution in [2.75, 3.05) is 18.8 Å². The van der Waals surface area contributed by atoms with Gasteiger partial charge in [0.2, 0.25) is 12.6 Å². The molecule has 3 aromatic carbocycles. The van der Waals surface area contributed by atoms with E-state index in [1.807, 2.05) is 67.6 Å². The Hall–Kier alpha value is -4.79. The van der Waals surface area contributed by atoms with E-state index in [4.69, 9.17) is 23.7 Å². The quantitative estimate of drug-likeness (QED) is 0.419. The number of carbonyl (C=O) groups is 1. The van der Waals surface area contributed by atoms with Crippen molar-refractivity contribution in [2.24, 2.45) is 0 Å². The molecule has 2 aliphatic heterocycles. The molecule has 0 bridgehead atoms. The van der Waals surface area contributed by atoms with Crippen molar-refractivity contribution >= 4 is 17.3 Å². The third-order valence-corrected chi connectivity index (χ3v) is 6.24. The molecule has 0 fully saturated rings. The number of methoxy groups -OCH3 is 1. The number of anilines is 1. The number of rotatable bonds is 5. The summed E-state index contributed by atoms with van der Waals surface area (Å²) in [5.41, 5.74) is 3.65. The maximum atomic E-state index is 13.4. The first-order valence-electron chi connectivity index (χ1n) is 11.4. The number of nitrogens with one attached hydrogen (secondary N) is 1. The van der Waals surface area contributed by atoms with Gasteiger partial charge in [-0.05, 0) is 36.8 Å². The smallest absolute Gasteiger partial charge is 0.327 e. The highest BCUT2D eigenvalue weighted by Gasteiger charge is 2.37. The Balaban J connectivity index is 1.48.